The van der Waals surface area contributed by atoms with Crippen molar-refractivity contribution in [2.45, 2.75) is 26.3 Å². The van der Waals surface area contributed by atoms with Gasteiger partial charge in [-0.1, -0.05) is 30.0 Å². The molecule has 0 amide bonds. The van der Waals surface area contributed by atoms with Crippen LogP contribution in [0.5, 0.6) is 0 Å². The van der Waals surface area contributed by atoms with Crippen LogP contribution in [0, 0.1) is 18.8 Å². The fraction of sp³-hybridized carbons (Fsp3) is 0.333. The van der Waals surface area contributed by atoms with E-state index in [2.05, 4.69) is 11.8 Å². The highest BCUT2D eigenvalue weighted by Gasteiger charge is 2.03. The first-order valence-corrected chi connectivity index (χ1v) is 4.37. The maximum Gasteiger partial charge on any atom is 0.0722 e. The molecule has 0 bridgehead atoms. The number of hydrogen-bond donors (Lipinski definition) is 1. The second-order valence-electron chi connectivity index (χ2n) is 3.79. The van der Waals surface area contributed by atoms with Crippen LogP contribution in [0.1, 0.15) is 25.0 Å². The van der Waals surface area contributed by atoms with Crippen molar-refractivity contribution in [3.63, 3.8) is 0 Å². The van der Waals surface area contributed by atoms with Gasteiger partial charge < -0.3 is 5.73 Å². The third kappa shape index (κ3) is 3.31. The number of hydrogen-bond acceptors (Lipinski definition) is 1. The summed E-state index contributed by atoms with van der Waals surface area (Å²) in [5.74, 6) is 6.08. The predicted molar refractivity (Wildman–Crippen MR) is 56.3 cm³/mol. The van der Waals surface area contributed by atoms with E-state index in [4.69, 9.17) is 5.73 Å². The highest BCUT2D eigenvalue weighted by atomic mass is 14.7. The molecule has 1 nitrogen and oxygen atoms in total. The zero-order valence-corrected chi connectivity index (χ0v) is 8.39. The van der Waals surface area contributed by atoms with Gasteiger partial charge in [0, 0.05) is 5.56 Å². The largest absolute Gasteiger partial charge is 0.316 e. The maximum absolute atomic E-state index is 5.76. The van der Waals surface area contributed by atoms with E-state index in [0.29, 0.717) is 0 Å². The highest BCUT2D eigenvalue weighted by molar-refractivity contribution is 5.41. The Labute approximate surface area is 80.0 Å². The minimum atomic E-state index is -0.414. The molecular formula is C12H15N. The lowest BCUT2D eigenvalue weighted by Crippen LogP contribution is -2.29. The van der Waals surface area contributed by atoms with Gasteiger partial charge in [0.25, 0.3) is 0 Å². The summed E-state index contributed by atoms with van der Waals surface area (Å²) >= 11 is 0. The van der Waals surface area contributed by atoms with Crippen molar-refractivity contribution in [2.75, 3.05) is 0 Å². The van der Waals surface area contributed by atoms with Crippen LogP contribution in [0.2, 0.25) is 0 Å². The van der Waals surface area contributed by atoms with E-state index >= 15 is 0 Å². The van der Waals surface area contributed by atoms with Gasteiger partial charge >= 0.3 is 0 Å². The second kappa shape index (κ2) is 3.64. The molecule has 0 fully saturated rings. The van der Waals surface area contributed by atoms with Gasteiger partial charge in [0.15, 0.2) is 0 Å². The molecule has 0 aromatic heterocycles. The van der Waals surface area contributed by atoms with E-state index in [0.717, 1.165) is 5.56 Å². The molecule has 0 saturated heterocycles. The quantitative estimate of drug-likeness (QED) is 0.597. The van der Waals surface area contributed by atoms with Crippen LogP contribution < -0.4 is 5.73 Å². The Morgan fingerprint density at radius 1 is 1.23 bits per heavy atom. The van der Waals surface area contributed by atoms with Crippen molar-refractivity contribution < 1.29 is 0 Å². The molecular weight excluding hydrogens is 158 g/mol. The number of nitrogens with two attached hydrogens (primary N) is 1. The first-order chi connectivity index (χ1) is 5.99. The summed E-state index contributed by atoms with van der Waals surface area (Å²) in [6.45, 7) is 5.85. The Bertz CT molecular complexity index is 347. The molecule has 0 aliphatic carbocycles. The van der Waals surface area contributed by atoms with Gasteiger partial charge in [-0.3, -0.25) is 0 Å². The summed E-state index contributed by atoms with van der Waals surface area (Å²) in [6, 6.07) is 8.05. The average Bonchev–Trinajstić information content (AvgIpc) is 2.01. The van der Waals surface area contributed by atoms with Crippen molar-refractivity contribution in [1.82, 2.24) is 0 Å². The summed E-state index contributed by atoms with van der Waals surface area (Å²) in [6.07, 6.45) is 0. The summed E-state index contributed by atoms with van der Waals surface area (Å²) in [5, 5.41) is 0. The fourth-order valence-electron chi connectivity index (χ4n) is 0.942. The molecule has 0 heterocycles. The van der Waals surface area contributed by atoms with Gasteiger partial charge in [0.05, 0.1) is 5.54 Å². The Hall–Kier alpha value is -1.26. The summed E-state index contributed by atoms with van der Waals surface area (Å²) < 4.78 is 0. The van der Waals surface area contributed by atoms with Gasteiger partial charge in [-0.05, 0) is 32.4 Å². The number of benzene rings is 1. The number of aryl methyl sites for hydroxylation is 1. The Kier molecular flexibility index (Phi) is 2.75. The molecule has 1 heteroatoms. The van der Waals surface area contributed by atoms with Crippen LogP contribution in [0.3, 0.4) is 0 Å². The molecule has 2 N–H and O–H groups in total. The summed E-state index contributed by atoms with van der Waals surface area (Å²) in [7, 11) is 0. The average molecular weight is 173 g/mol. The highest BCUT2D eigenvalue weighted by Crippen LogP contribution is 2.05. The molecule has 1 rings (SSSR count). The van der Waals surface area contributed by atoms with Gasteiger partial charge in [0.2, 0.25) is 0 Å². The zero-order chi connectivity index (χ0) is 9.90. The minimum absolute atomic E-state index is 0.414. The predicted octanol–water partition coefficient (Wildman–Crippen LogP) is 2.08. The van der Waals surface area contributed by atoms with Gasteiger partial charge in [-0.2, -0.15) is 0 Å². The Balaban J connectivity index is 2.97. The smallest absolute Gasteiger partial charge is 0.0722 e. The van der Waals surface area contributed by atoms with Gasteiger partial charge in [-0.25, -0.2) is 0 Å². The second-order valence-corrected chi connectivity index (χ2v) is 3.79. The van der Waals surface area contributed by atoms with Crippen LogP contribution in [-0.4, -0.2) is 5.54 Å². The zero-order valence-electron chi connectivity index (χ0n) is 8.39. The van der Waals surface area contributed by atoms with Crippen LogP contribution in [0.4, 0.5) is 0 Å². The normalized spacial score (nSPS) is 10.5. The van der Waals surface area contributed by atoms with Crippen molar-refractivity contribution in [3.05, 3.63) is 35.4 Å². The van der Waals surface area contributed by atoms with E-state index in [1.54, 1.807) is 0 Å². The lowest BCUT2D eigenvalue weighted by molar-refractivity contribution is 0.680. The van der Waals surface area contributed by atoms with E-state index in [1.807, 2.05) is 45.0 Å². The van der Waals surface area contributed by atoms with Crippen LogP contribution in [-0.2, 0) is 0 Å². The topological polar surface area (TPSA) is 26.0 Å². The molecule has 0 spiro atoms. The molecule has 0 saturated carbocycles. The van der Waals surface area contributed by atoms with E-state index < -0.39 is 5.54 Å². The monoisotopic (exact) mass is 173 g/mol. The molecule has 0 radical (unpaired) electrons. The first kappa shape index (κ1) is 9.83. The molecule has 1 aromatic carbocycles. The summed E-state index contributed by atoms with van der Waals surface area (Å²) in [5.41, 5.74) is 7.60. The molecule has 0 aliphatic rings. The summed E-state index contributed by atoms with van der Waals surface area (Å²) in [4.78, 5) is 0. The lowest BCUT2D eigenvalue weighted by atomic mass is 10.1. The molecule has 0 unspecified atom stereocenters. The van der Waals surface area contributed by atoms with Crippen LogP contribution >= 0.6 is 0 Å². The molecule has 0 aliphatic heterocycles. The van der Waals surface area contributed by atoms with Crippen LogP contribution in [0.25, 0.3) is 0 Å². The SMILES string of the molecule is Cc1ccccc1C#CC(C)(C)N. The third-order valence-corrected chi connectivity index (χ3v) is 1.66. The van der Waals surface area contributed by atoms with Crippen LogP contribution in [0.15, 0.2) is 24.3 Å². The van der Waals surface area contributed by atoms with E-state index in [-0.39, 0.29) is 0 Å². The molecule has 13 heavy (non-hydrogen) atoms. The first-order valence-electron chi connectivity index (χ1n) is 4.37. The van der Waals surface area contributed by atoms with Gasteiger partial charge in [-0.15, -0.1) is 0 Å². The minimum Gasteiger partial charge on any atom is -0.316 e. The maximum atomic E-state index is 5.76. The molecule has 68 valence electrons. The Morgan fingerprint density at radius 2 is 1.85 bits per heavy atom. The molecule has 1 aromatic rings. The van der Waals surface area contributed by atoms with Gasteiger partial charge in [0.1, 0.15) is 0 Å². The van der Waals surface area contributed by atoms with E-state index in [9.17, 15) is 0 Å². The lowest BCUT2D eigenvalue weighted by Gasteiger charge is -2.07. The fourth-order valence-corrected chi connectivity index (χ4v) is 0.942. The number of rotatable bonds is 0. The third-order valence-electron chi connectivity index (χ3n) is 1.66. The standard InChI is InChI=1S/C12H15N/c1-10-6-4-5-7-11(10)8-9-12(2,3)13/h4-7H,13H2,1-3H3. The van der Waals surface area contributed by atoms with Crippen molar-refractivity contribution in [1.29, 1.82) is 0 Å². The van der Waals surface area contributed by atoms with E-state index in [1.165, 1.54) is 5.56 Å². The van der Waals surface area contributed by atoms with Crippen molar-refractivity contribution in [2.24, 2.45) is 5.73 Å². The van der Waals surface area contributed by atoms with Crippen molar-refractivity contribution >= 4 is 0 Å². The molecule has 0 atom stereocenters. The Morgan fingerprint density at radius 3 is 2.38 bits per heavy atom. The van der Waals surface area contributed by atoms with Crippen molar-refractivity contribution in [3.8, 4) is 11.8 Å².